The number of nitrogens with one attached hydrogen (secondary N) is 1. The molecule has 1 saturated heterocycles. The zero-order valence-electron chi connectivity index (χ0n) is 24.4. The van der Waals surface area contributed by atoms with Crippen LogP contribution in [0.2, 0.25) is 0 Å². The van der Waals surface area contributed by atoms with Gasteiger partial charge < -0.3 is 19.4 Å². The smallest absolute Gasteiger partial charge is 0.279 e. The third-order valence-electron chi connectivity index (χ3n) is 8.49. The van der Waals surface area contributed by atoms with Crippen LogP contribution in [0.5, 0.6) is 5.88 Å². The summed E-state index contributed by atoms with van der Waals surface area (Å²) in [5.41, 5.74) is 1.57. The number of aryl methyl sites for hydroxylation is 2. The molecule has 3 aromatic rings. The summed E-state index contributed by atoms with van der Waals surface area (Å²) in [7, 11) is -0.281. The van der Waals surface area contributed by atoms with Gasteiger partial charge in [0.25, 0.3) is 5.56 Å². The normalized spacial score (nSPS) is 18.0. The number of fused-ring (bicyclic) bond motifs is 1. The van der Waals surface area contributed by atoms with E-state index >= 15 is 0 Å². The van der Waals surface area contributed by atoms with Crippen LogP contribution in [-0.2, 0) is 27.7 Å². The number of ether oxygens (including phenoxy) is 2. The molecule has 2 aliphatic rings. The highest BCUT2D eigenvalue weighted by Gasteiger charge is 2.30. The fourth-order valence-corrected chi connectivity index (χ4v) is 6.95. The molecule has 2 fully saturated rings. The number of rotatable bonds is 12. The lowest BCUT2D eigenvalue weighted by Gasteiger charge is -2.31. The Morgan fingerprint density at radius 2 is 1.90 bits per heavy atom. The molecule has 1 atom stereocenters. The number of hydrogen-bond acceptors (Lipinski definition) is 9. The minimum Gasteiger partial charge on any atom is -0.475 e. The van der Waals surface area contributed by atoms with Crippen molar-refractivity contribution in [2.24, 2.45) is 11.8 Å². The maximum absolute atomic E-state index is 13.5. The first-order valence-corrected chi connectivity index (χ1v) is 16.0. The number of H-pyrrole nitrogens is 1. The first-order valence-electron chi connectivity index (χ1n) is 14.5. The Labute approximate surface area is 241 Å². The van der Waals surface area contributed by atoms with Crippen LogP contribution in [-0.4, -0.2) is 95.9 Å². The number of hydrogen-bond donors (Lipinski definition) is 1. The summed E-state index contributed by atoms with van der Waals surface area (Å²) in [6.45, 7) is 7.62. The Kier molecular flexibility index (Phi) is 9.07. The van der Waals surface area contributed by atoms with Crippen LogP contribution in [0.1, 0.15) is 45.2 Å². The Balaban J connectivity index is 1.53. The molecule has 0 aromatic carbocycles. The highest BCUT2D eigenvalue weighted by molar-refractivity contribution is 7.89. The molecule has 12 nitrogen and oxygen atoms in total. The molecular weight excluding hydrogens is 546 g/mol. The van der Waals surface area contributed by atoms with E-state index in [1.54, 1.807) is 7.11 Å². The van der Waals surface area contributed by atoms with Crippen LogP contribution in [0.15, 0.2) is 22.0 Å². The average molecular weight is 588 g/mol. The average Bonchev–Trinajstić information content (AvgIpc) is 3.29. The summed E-state index contributed by atoms with van der Waals surface area (Å²) in [5.74, 6) is 1.73. The van der Waals surface area contributed by atoms with Crippen LogP contribution >= 0.6 is 0 Å². The Hall–Kier alpha value is -2.87. The quantitative estimate of drug-likeness (QED) is 0.317. The highest BCUT2D eigenvalue weighted by atomic mass is 32.2. The topological polar surface area (TPSA) is 136 Å². The van der Waals surface area contributed by atoms with Gasteiger partial charge in [-0.05, 0) is 37.8 Å². The third-order valence-corrected chi connectivity index (χ3v) is 10.4. The van der Waals surface area contributed by atoms with E-state index in [2.05, 4.69) is 26.9 Å². The lowest BCUT2D eigenvalue weighted by Crippen LogP contribution is -2.47. The fraction of sp³-hybridized carbons (Fsp3) is 0.643. The van der Waals surface area contributed by atoms with Crippen molar-refractivity contribution in [3.05, 3.63) is 28.3 Å². The van der Waals surface area contributed by atoms with Crippen molar-refractivity contribution in [3.63, 3.8) is 0 Å². The van der Waals surface area contributed by atoms with Gasteiger partial charge in [-0.25, -0.2) is 18.4 Å². The highest BCUT2D eigenvalue weighted by Crippen LogP contribution is 2.35. The Morgan fingerprint density at radius 3 is 2.56 bits per heavy atom. The van der Waals surface area contributed by atoms with E-state index in [-0.39, 0.29) is 34.3 Å². The molecule has 3 aromatic heterocycles. The first kappa shape index (κ1) is 29.6. The van der Waals surface area contributed by atoms with Crippen molar-refractivity contribution in [1.29, 1.82) is 0 Å². The molecule has 224 valence electrons. The minimum absolute atomic E-state index is 0.0234. The van der Waals surface area contributed by atoms with Gasteiger partial charge in [0.05, 0.1) is 24.1 Å². The SMILES string of the molecule is CCc1c2nc(-c3cc(S(=O)(=O)N4CCN(C)CC4)cnc3OCCOC)[nH]c(=O)c2nn1CCC(C)C1CCC1. The molecule has 41 heavy (non-hydrogen) atoms. The van der Waals surface area contributed by atoms with Crippen LogP contribution < -0.4 is 10.3 Å². The van der Waals surface area contributed by atoms with Crippen molar-refractivity contribution in [2.45, 2.75) is 57.4 Å². The predicted octanol–water partition coefficient (Wildman–Crippen LogP) is 2.53. The number of nitrogens with zero attached hydrogens (tertiary/aromatic N) is 6. The molecule has 4 heterocycles. The number of likely N-dealkylation sites (N-methyl/N-ethyl adjacent to an activating group) is 1. The summed E-state index contributed by atoms with van der Waals surface area (Å²) >= 11 is 0. The van der Waals surface area contributed by atoms with E-state index < -0.39 is 10.0 Å². The Bertz CT molecular complexity index is 1520. The molecule has 1 unspecified atom stereocenters. The summed E-state index contributed by atoms with van der Waals surface area (Å²) in [5, 5.41) is 4.64. The Morgan fingerprint density at radius 1 is 1.15 bits per heavy atom. The van der Waals surface area contributed by atoms with E-state index in [1.807, 2.05) is 18.7 Å². The number of aromatic nitrogens is 5. The standard InChI is InChI=1S/C28H41N7O5S/c1-5-23-24-25(32-35(23)10-9-19(2)20-7-6-8-20)27(36)31-26(30-24)22-17-21(18-29-28(22)40-16-15-39-4)41(37,38)34-13-11-33(3)12-14-34/h17-20H,5-16H2,1-4H3,(H,30,31,36). The largest absolute Gasteiger partial charge is 0.475 e. The van der Waals surface area contributed by atoms with Gasteiger partial charge in [0, 0.05) is 39.8 Å². The van der Waals surface area contributed by atoms with Crippen LogP contribution in [0.4, 0.5) is 0 Å². The molecule has 0 radical (unpaired) electrons. The monoisotopic (exact) mass is 587 g/mol. The van der Waals surface area contributed by atoms with Crippen molar-refractivity contribution in [3.8, 4) is 17.3 Å². The summed E-state index contributed by atoms with van der Waals surface area (Å²) in [4.78, 5) is 27.4. The summed E-state index contributed by atoms with van der Waals surface area (Å²) < 4.78 is 41.4. The molecular formula is C28H41N7O5S. The van der Waals surface area contributed by atoms with Gasteiger partial charge in [-0.3, -0.25) is 9.48 Å². The number of pyridine rings is 1. The number of aromatic amines is 1. The van der Waals surface area contributed by atoms with Crippen LogP contribution in [0, 0.1) is 11.8 Å². The molecule has 0 spiro atoms. The fourth-order valence-electron chi connectivity index (χ4n) is 5.56. The van der Waals surface area contributed by atoms with Gasteiger partial charge in [-0.2, -0.15) is 9.40 Å². The molecule has 1 aliphatic carbocycles. The van der Waals surface area contributed by atoms with Crippen LogP contribution in [0.3, 0.4) is 0 Å². The zero-order valence-corrected chi connectivity index (χ0v) is 25.2. The molecule has 5 rings (SSSR count). The lowest BCUT2D eigenvalue weighted by atomic mass is 9.75. The number of sulfonamides is 1. The van der Waals surface area contributed by atoms with Crippen molar-refractivity contribution < 1.29 is 17.9 Å². The van der Waals surface area contributed by atoms with Gasteiger partial charge in [-0.15, -0.1) is 0 Å². The number of methoxy groups -OCH3 is 1. The van der Waals surface area contributed by atoms with Gasteiger partial charge in [0.2, 0.25) is 15.9 Å². The van der Waals surface area contributed by atoms with E-state index in [1.165, 1.54) is 35.8 Å². The summed E-state index contributed by atoms with van der Waals surface area (Å²) in [6, 6.07) is 1.49. The molecule has 13 heteroatoms. The first-order chi connectivity index (χ1) is 19.7. The minimum atomic E-state index is -3.81. The van der Waals surface area contributed by atoms with Gasteiger partial charge in [0.15, 0.2) is 5.52 Å². The number of piperazine rings is 1. The van der Waals surface area contributed by atoms with E-state index in [4.69, 9.17) is 14.5 Å². The molecule has 0 amide bonds. The predicted molar refractivity (Wildman–Crippen MR) is 156 cm³/mol. The molecule has 1 N–H and O–H groups in total. The second-order valence-corrected chi connectivity index (χ2v) is 13.1. The van der Waals surface area contributed by atoms with Crippen molar-refractivity contribution in [2.75, 3.05) is 53.6 Å². The van der Waals surface area contributed by atoms with Crippen LogP contribution in [0.25, 0.3) is 22.4 Å². The van der Waals surface area contributed by atoms with Gasteiger partial charge in [-0.1, -0.05) is 33.1 Å². The maximum Gasteiger partial charge on any atom is 0.279 e. The summed E-state index contributed by atoms with van der Waals surface area (Å²) in [6.07, 6.45) is 6.84. The second-order valence-electron chi connectivity index (χ2n) is 11.2. The van der Waals surface area contributed by atoms with Crippen molar-refractivity contribution in [1.82, 2.24) is 33.9 Å². The van der Waals surface area contributed by atoms with Crippen molar-refractivity contribution >= 4 is 21.1 Å². The van der Waals surface area contributed by atoms with Gasteiger partial charge >= 0.3 is 0 Å². The molecule has 1 saturated carbocycles. The lowest BCUT2D eigenvalue weighted by molar-refractivity contribution is 0.144. The molecule has 0 bridgehead atoms. The third kappa shape index (κ3) is 6.18. The van der Waals surface area contributed by atoms with E-state index in [9.17, 15) is 13.2 Å². The van der Waals surface area contributed by atoms with E-state index in [0.29, 0.717) is 56.2 Å². The van der Waals surface area contributed by atoms with Gasteiger partial charge in [0.1, 0.15) is 22.8 Å². The van der Waals surface area contributed by atoms with E-state index in [0.717, 1.165) is 24.6 Å². The maximum atomic E-state index is 13.5. The zero-order chi connectivity index (χ0) is 29.1. The molecule has 1 aliphatic heterocycles. The second kappa shape index (κ2) is 12.6.